The Morgan fingerprint density at radius 2 is 1.90 bits per heavy atom. The highest BCUT2D eigenvalue weighted by atomic mass is 19.1. The Labute approximate surface area is 118 Å². The standard InChI is InChI=1S/C15H21FO4/c1-9(2)15(18,14(17)20-5)10(3)11-6-7-13(19-4)12(16)8-11/h6-10,18H,1-5H3. The first kappa shape index (κ1) is 16.4. The van der Waals surface area contributed by atoms with E-state index in [0.717, 1.165) is 0 Å². The van der Waals surface area contributed by atoms with Gasteiger partial charge in [0, 0.05) is 5.92 Å². The van der Waals surface area contributed by atoms with Crippen LogP contribution in [0.1, 0.15) is 32.3 Å². The number of aliphatic hydroxyl groups is 1. The van der Waals surface area contributed by atoms with Gasteiger partial charge in [0.05, 0.1) is 14.2 Å². The Kier molecular flexibility index (Phi) is 5.11. The number of ether oxygens (including phenoxy) is 2. The third-order valence-electron chi connectivity index (χ3n) is 3.73. The van der Waals surface area contributed by atoms with Crippen molar-refractivity contribution in [2.45, 2.75) is 32.3 Å². The van der Waals surface area contributed by atoms with Gasteiger partial charge in [0.25, 0.3) is 0 Å². The number of methoxy groups -OCH3 is 2. The van der Waals surface area contributed by atoms with Crippen molar-refractivity contribution < 1.29 is 23.8 Å². The molecule has 20 heavy (non-hydrogen) atoms. The summed E-state index contributed by atoms with van der Waals surface area (Å²) in [7, 11) is 2.59. The Hall–Kier alpha value is -1.62. The summed E-state index contributed by atoms with van der Waals surface area (Å²) in [5.41, 5.74) is -1.21. The van der Waals surface area contributed by atoms with Gasteiger partial charge in [-0.05, 0) is 23.6 Å². The minimum absolute atomic E-state index is 0.118. The third kappa shape index (κ3) is 2.77. The zero-order valence-electron chi connectivity index (χ0n) is 12.4. The summed E-state index contributed by atoms with van der Waals surface area (Å²) in [5, 5.41) is 10.7. The van der Waals surface area contributed by atoms with Crippen molar-refractivity contribution in [3.05, 3.63) is 29.6 Å². The van der Waals surface area contributed by atoms with Crippen LogP contribution in [0.5, 0.6) is 5.75 Å². The predicted octanol–water partition coefficient (Wildman–Crippen LogP) is 2.50. The summed E-state index contributed by atoms with van der Waals surface area (Å²) >= 11 is 0. The smallest absolute Gasteiger partial charge is 0.338 e. The molecule has 0 aliphatic rings. The van der Waals surface area contributed by atoms with E-state index in [1.165, 1.54) is 26.4 Å². The van der Waals surface area contributed by atoms with Gasteiger partial charge in [-0.3, -0.25) is 0 Å². The molecule has 1 N–H and O–H groups in total. The molecule has 5 heteroatoms. The summed E-state index contributed by atoms with van der Waals surface area (Å²) in [6.45, 7) is 5.10. The number of rotatable bonds is 5. The fourth-order valence-corrected chi connectivity index (χ4v) is 2.28. The van der Waals surface area contributed by atoms with Crippen LogP contribution in [0.4, 0.5) is 4.39 Å². The molecule has 0 radical (unpaired) electrons. The largest absolute Gasteiger partial charge is 0.494 e. The van der Waals surface area contributed by atoms with Gasteiger partial charge < -0.3 is 14.6 Å². The van der Waals surface area contributed by atoms with E-state index < -0.39 is 23.3 Å². The molecule has 1 rings (SSSR count). The lowest BCUT2D eigenvalue weighted by molar-refractivity contribution is -0.170. The van der Waals surface area contributed by atoms with Crippen molar-refractivity contribution in [2.24, 2.45) is 5.92 Å². The summed E-state index contributed by atoms with van der Waals surface area (Å²) in [6.07, 6.45) is 0. The van der Waals surface area contributed by atoms with Crippen molar-refractivity contribution >= 4 is 5.97 Å². The number of esters is 1. The van der Waals surface area contributed by atoms with E-state index in [-0.39, 0.29) is 11.7 Å². The molecule has 1 aromatic rings. The monoisotopic (exact) mass is 284 g/mol. The van der Waals surface area contributed by atoms with E-state index in [0.29, 0.717) is 5.56 Å². The number of carbonyl (C=O) groups excluding carboxylic acids is 1. The van der Waals surface area contributed by atoms with Gasteiger partial charge in [-0.15, -0.1) is 0 Å². The third-order valence-corrected chi connectivity index (χ3v) is 3.73. The van der Waals surface area contributed by atoms with Gasteiger partial charge >= 0.3 is 5.97 Å². The van der Waals surface area contributed by atoms with Crippen LogP contribution in [0, 0.1) is 11.7 Å². The summed E-state index contributed by atoms with van der Waals surface area (Å²) in [4.78, 5) is 11.9. The van der Waals surface area contributed by atoms with Gasteiger partial charge in [0.1, 0.15) is 0 Å². The lowest BCUT2D eigenvalue weighted by Crippen LogP contribution is -2.49. The SMILES string of the molecule is COC(=O)C(O)(C(C)C)C(C)c1ccc(OC)c(F)c1. The fourth-order valence-electron chi connectivity index (χ4n) is 2.28. The highest BCUT2D eigenvalue weighted by molar-refractivity contribution is 5.81. The molecule has 0 bridgehead atoms. The Balaban J connectivity index is 3.23. The molecule has 0 heterocycles. The average Bonchev–Trinajstić information content (AvgIpc) is 2.44. The molecule has 2 atom stereocenters. The van der Waals surface area contributed by atoms with E-state index in [2.05, 4.69) is 4.74 Å². The molecule has 0 spiro atoms. The van der Waals surface area contributed by atoms with Crippen molar-refractivity contribution in [1.29, 1.82) is 0 Å². The van der Waals surface area contributed by atoms with Crippen LogP contribution >= 0.6 is 0 Å². The maximum atomic E-state index is 13.8. The van der Waals surface area contributed by atoms with Crippen LogP contribution in [-0.2, 0) is 9.53 Å². The van der Waals surface area contributed by atoms with Gasteiger partial charge in [0.2, 0.25) is 0 Å². The van der Waals surface area contributed by atoms with Crippen molar-refractivity contribution in [1.82, 2.24) is 0 Å². The van der Waals surface area contributed by atoms with Crippen molar-refractivity contribution in [3.8, 4) is 5.75 Å². The zero-order chi connectivity index (χ0) is 15.5. The van der Waals surface area contributed by atoms with E-state index in [4.69, 9.17) is 4.74 Å². The van der Waals surface area contributed by atoms with Crippen LogP contribution in [0.2, 0.25) is 0 Å². The molecule has 0 aromatic heterocycles. The van der Waals surface area contributed by atoms with E-state index in [1.54, 1.807) is 26.8 Å². The molecule has 2 unspecified atom stereocenters. The maximum Gasteiger partial charge on any atom is 0.338 e. The molecule has 112 valence electrons. The Bertz CT molecular complexity index is 487. The topological polar surface area (TPSA) is 55.8 Å². The molecule has 0 fully saturated rings. The van der Waals surface area contributed by atoms with Crippen molar-refractivity contribution in [3.63, 3.8) is 0 Å². The molecule has 0 aliphatic heterocycles. The first-order valence-corrected chi connectivity index (χ1v) is 6.43. The fraction of sp³-hybridized carbons (Fsp3) is 0.533. The number of carbonyl (C=O) groups is 1. The number of halogens is 1. The molecule has 0 amide bonds. The van der Waals surface area contributed by atoms with E-state index in [9.17, 15) is 14.3 Å². The first-order chi connectivity index (χ1) is 9.28. The van der Waals surface area contributed by atoms with Crippen LogP contribution in [0.25, 0.3) is 0 Å². The highest BCUT2D eigenvalue weighted by Crippen LogP contribution is 2.36. The van der Waals surface area contributed by atoms with Crippen LogP contribution in [0.15, 0.2) is 18.2 Å². The second kappa shape index (κ2) is 6.22. The zero-order valence-corrected chi connectivity index (χ0v) is 12.4. The summed E-state index contributed by atoms with van der Waals surface area (Å²) in [5.74, 6) is -2.14. The quantitative estimate of drug-likeness (QED) is 0.844. The predicted molar refractivity (Wildman–Crippen MR) is 73.2 cm³/mol. The molecule has 0 saturated carbocycles. The van der Waals surface area contributed by atoms with E-state index >= 15 is 0 Å². The molecule has 1 aromatic carbocycles. The normalized spacial score (nSPS) is 15.6. The summed E-state index contributed by atoms with van der Waals surface area (Å²) < 4.78 is 23.3. The van der Waals surface area contributed by atoms with Gasteiger partial charge in [0.15, 0.2) is 17.2 Å². The van der Waals surface area contributed by atoms with Gasteiger partial charge in [-0.1, -0.05) is 26.8 Å². The molecule has 0 aliphatic carbocycles. The van der Waals surface area contributed by atoms with Crippen LogP contribution in [-0.4, -0.2) is 30.9 Å². The Morgan fingerprint density at radius 3 is 2.30 bits per heavy atom. The lowest BCUT2D eigenvalue weighted by Gasteiger charge is -2.35. The van der Waals surface area contributed by atoms with Gasteiger partial charge in [-0.25, -0.2) is 9.18 Å². The first-order valence-electron chi connectivity index (χ1n) is 6.43. The van der Waals surface area contributed by atoms with E-state index in [1.807, 2.05) is 0 Å². The maximum absolute atomic E-state index is 13.8. The summed E-state index contributed by atoms with van der Waals surface area (Å²) in [6, 6.07) is 4.36. The lowest BCUT2D eigenvalue weighted by atomic mass is 9.76. The minimum atomic E-state index is -1.71. The Morgan fingerprint density at radius 1 is 1.30 bits per heavy atom. The number of benzene rings is 1. The molecule has 4 nitrogen and oxygen atoms in total. The van der Waals surface area contributed by atoms with Crippen LogP contribution < -0.4 is 4.74 Å². The average molecular weight is 284 g/mol. The second-order valence-corrected chi connectivity index (χ2v) is 5.09. The molecular formula is C15H21FO4. The molecular weight excluding hydrogens is 263 g/mol. The molecule has 0 saturated heterocycles. The van der Waals surface area contributed by atoms with Crippen molar-refractivity contribution in [2.75, 3.05) is 14.2 Å². The minimum Gasteiger partial charge on any atom is -0.494 e. The number of hydrogen-bond donors (Lipinski definition) is 1. The second-order valence-electron chi connectivity index (χ2n) is 5.09. The number of hydrogen-bond acceptors (Lipinski definition) is 4. The van der Waals surface area contributed by atoms with Gasteiger partial charge in [-0.2, -0.15) is 0 Å². The highest BCUT2D eigenvalue weighted by Gasteiger charge is 2.46. The van der Waals surface area contributed by atoms with Crippen LogP contribution in [0.3, 0.4) is 0 Å².